The summed E-state index contributed by atoms with van der Waals surface area (Å²) < 4.78 is 1.70. The fourth-order valence-corrected chi connectivity index (χ4v) is 3.47. The van der Waals surface area contributed by atoms with Gasteiger partial charge in [0, 0.05) is 28.5 Å². The van der Waals surface area contributed by atoms with Crippen molar-refractivity contribution in [2.75, 3.05) is 0 Å². The molecule has 128 valence electrons. The van der Waals surface area contributed by atoms with Crippen LogP contribution in [0.15, 0.2) is 70.7 Å². The maximum atomic E-state index is 13.1. The lowest BCUT2D eigenvalue weighted by Gasteiger charge is -2.14. The molecule has 0 saturated carbocycles. The van der Waals surface area contributed by atoms with E-state index in [4.69, 9.17) is 11.6 Å². The summed E-state index contributed by atoms with van der Waals surface area (Å²) in [5, 5.41) is 1.74. The normalized spacial score (nSPS) is 11.0. The molecular formula is C20H19ClN2OS. The Labute approximate surface area is 156 Å². The van der Waals surface area contributed by atoms with E-state index in [0.29, 0.717) is 27.4 Å². The Morgan fingerprint density at radius 2 is 1.76 bits per heavy atom. The Balaban J connectivity index is 2.06. The first-order chi connectivity index (χ1) is 12.0. The first kappa shape index (κ1) is 17.8. The average molecular weight is 371 g/mol. The van der Waals surface area contributed by atoms with Crippen LogP contribution >= 0.6 is 23.4 Å². The summed E-state index contributed by atoms with van der Waals surface area (Å²) in [7, 11) is 0. The molecule has 0 amide bonds. The number of para-hydroxylation sites is 1. The van der Waals surface area contributed by atoms with Crippen molar-refractivity contribution in [3.05, 3.63) is 87.3 Å². The van der Waals surface area contributed by atoms with E-state index < -0.39 is 0 Å². The highest BCUT2D eigenvalue weighted by atomic mass is 35.5. The summed E-state index contributed by atoms with van der Waals surface area (Å²) >= 11 is 7.52. The molecule has 3 rings (SSSR count). The zero-order chi connectivity index (χ0) is 17.8. The predicted molar refractivity (Wildman–Crippen MR) is 105 cm³/mol. The van der Waals surface area contributed by atoms with Gasteiger partial charge in [0.15, 0.2) is 5.16 Å². The SMILES string of the molecule is CC(C)Sc1ncc(Cc2ccc(Cl)cc2)c(=O)n1-c1ccccc1. The van der Waals surface area contributed by atoms with Crippen LogP contribution < -0.4 is 5.56 Å². The number of hydrogen-bond donors (Lipinski definition) is 0. The van der Waals surface area contributed by atoms with Crippen LogP contribution in [0.5, 0.6) is 0 Å². The van der Waals surface area contributed by atoms with Crippen LogP contribution in [0, 0.1) is 0 Å². The van der Waals surface area contributed by atoms with Crippen LogP contribution in [-0.2, 0) is 6.42 Å². The van der Waals surface area contributed by atoms with Crippen molar-refractivity contribution in [2.45, 2.75) is 30.7 Å². The maximum Gasteiger partial charge on any atom is 0.262 e. The highest BCUT2D eigenvalue weighted by Gasteiger charge is 2.14. The first-order valence-corrected chi connectivity index (χ1v) is 9.38. The van der Waals surface area contributed by atoms with Gasteiger partial charge in [0.2, 0.25) is 0 Å². The van der Waals surface area contributed by atoms with Gasteiger partial charge in [-0.15, -0.1) is 0 Å². The van der Waals surface area contributed by atoms with E-state index in [9.17, 15) is 4.79 Å². The molecule has 0 N–H and O–H groups in total. The third kappa shape index (κ3) is 4.33. The summed E-state index contributed by atoms with van der Waals surface area (Å²) in [4.78, 5) is 17.7. The third-order valence-electron chi connectivity index (χ3n) is 3.66. The Hall–Kier alpha value is -2.04. The molecule has 25 heavy (non-hydrogen) atoms. The summed E-state index contributed by atoms with van der Waals surface area (Å²) in [6.45, 7) is 4.18. The minimum atomic E-state index is -0.0284. The molecule has 3 nitrogen and oxygen atoms in total. The standard InChI is InChI=1S/C20H19ClN2OS/c1-14(2)25-20-22-13-16(12-15-8-10-17(21)11-9-15)19(24)23(20)18-6-4-3-5-7-18/h3-11,13-14H,12H2,1-2H3. The van der Waals surface area contributed by atoms with Gasteiger partial charge in [-0.3, -0.25) is 9.36 Å². The molecule has 0 unspecified atom stereocenters. The molecular weight excluding hydrogens is 352 g/mol. The average Bonchev–Trinajstić information content (AvgIpc) is 2.60. The Morgan fingerprint density at radius 1 is 1.08 bits per heavy atom. The number of thioether (sulfide) groups is 1. The lowest BCUT2D eigenvalue weighted by atomic mass is 10.1. The number of hydrogen-bond acceptors (Lipinski definition) is 3. The Morgan fingerprint density at radius 3 is 2.40 bits per heavy atom. The van der Waals surface area contributed by atoms with Crippen molar-refractivity contribution < 1.29 is 0 Å². The second-order valence-electron chi connectivity index (χ2n) is 6.01. The van der Waals surface area contributed by atoms with Crippen molar-refractivity contribution in [3.8, 4) is 5.69 Å². The molecule has 1 aromatic heterocycles. The minimum Gasteiger partial charge on any atom is -0.269 e. The molecule has 0 spiro atoms. The second kappa shape index (κ2) is 7.89. The number of rotatable bonds is 5. The number of halogens is 1. The van der Waals surface area contributed by atoms with E-state index in [0.717, 1.165) is 11.3 Å². The summed E-state index contributed by atoms with van der Waals surface area (Å²) in [6, 6.07) is 17.2. The van der Waals surface area contributed by atoms with Crippen molar-refractivity contribution >= 4 is 23.4 Å². The van der Waals surface area contributed by atoms with Crippen LogP contribution in [0.1, 0.15) is 25.0 Å². The zero-order valence-electron chi connectivity index (χ0n) is 14.1. The first-order valence-electron chi connectivity index (χ1n) is 8.12. The minimum absolute atomic E-state index is 0.0284. The van der Waals surface area contributed by atoms with Crippen molar-refractivity contribution in [1.29, 1.82) is 0 Å². The van der Waals surface area contributed by atoms with E-state index >= 15 is 0 Å². The van der Waals surface area contributed by atoms with Crippen LogP contribution in [-0.4, -0.2) is 14.8 Å². The lowest BCUT2D eigenvalue weighted by molar-refractivity contribution is 0.773. The highest BCUT2D eigenvalue weighted by molar-refractivity contribution is 7.99. The van der Waals surface area contributed by atoms with Gasteiger partial charge in [-0.2, -0.15) is 0 Å². The van der Waals surface area contributed by atoms with Gasteiger partial charge in [0.25, 0.3) is 5.56 Å². The van der Waals surface area contributed by atoms with Gasteiger partial charge in [0.1, 0.15) is 0 Å². The third-order valence-corrected chi connectivity index (χ3v) is 4.89. The van der Waals surface area contributed by atoms with Crippen LogP contribution in [0.2, 0.25) is 5.02 Å². The van der Waals surface area contributed by atoms with Crippen molar-refractivity contribution in [1.82, 2.24) is 9.55 Å². The summed E-state index contributed by atoms with van der Waals surface area (Å²) in [6.07, 6.45) is 2.23. The molecule has 0 saturated heterocycles. The quantitative estimate of drug-likeness (QED) is 0.469. The van der Waals surface area contributed by atoms with Crippen LogP contribution in [0.3, 0.4) is 0 Å². The van der Waals surface area contributed by atoms with Gasteiger partial charge in [-0.05, 0) is 29.8 Å². The molecule has 1 heterocycles. The molecule has 0 radical (unpaired) electrons. The monoisotopic (exact) mass is 370 g/mol. The molecule has 0 aliphatic rings. The topological polar surface area (TPSA) is 34.9 Å². The molecule has 0 aliphatic heterocycles. The largest absolute Gasteiger partial charge is 0.269 e. The van der Waals surface area contributed by atoms with Gasteiger partial charge in [-0.25, -0.2) is 4.98 Å². The van der Waals surface area contributed by atoms with E-state index in [2.05, 4.69) is 18.8 Å². The molecule has 3 aromatic rings. The number of aromatic nitrogens is 2. The summed E-state index contributed by atoms with van der Waals surface area (Å²) in [5.74, 6) is 0. The predicted octanol–water partition coefficient (Wildman–Crippen LogP) is 4.98. The van der Waals surface area contributed by atoms with Crippen molar-refractivity contribution in [2.24, 2.45) is 0 Å². The lowest BCUT2D eigenvalue weighted by Crippen LogP contribution is -2.25. The number of benzene rings is 2. The Kier molecular flexibility index (Phi) is 5.61. The molecule has 0 bridgehead atoms. The molecule has 2 aromatic carbocycles. The van der Waals surface area contributed by atoms with Crippen LogP contribution in [0.25, 0.3) is 5.69 Å². The van der Waals surface area contributed by atoms with Gasteiger partial charge < -0.3 is 0 Å². The fourth-order valence-electron chi connectivity index (χ4n) is 2.52. The molecule has 0 aliphatic carbocycles. The fraction of sp³-hybridized carbons (Fsp3) is 0.200. The molecule has 0 fully saturated rings. The molecule has 0 atom stereocenters. The van der Waals surface area contributed by atoms with E-state index in [1.54, 1.807) is 22.5 Å². The molecule has 5 heteroatoms. The maximum absolute atomic E-state index is 13.1. The second-order valence-corrected chi connectivity index (χ2v) is 7.99. The highest BCUT2D eigenvalue weighted by Crippen LogP contribution is 2.23. The van der Waals surface area contributed by atoms with Crippen molar-refractivity contribution in [3.63, 3.8) is 0 Å². The van der Waals surface area contributed by atoms with E-state index in [-0.39, 0.29) is 5.56 Å². The van der Waals surface area contributed by atoms with E-state index in [1.807, 2.05) is 54.6 Å². The van der Waals surface area contributed by atoms with Gasteiger partial charge in [-0.1, -0.05) is 67.5 Å². The number of nitrogens with zero attached hydrogens (tertiary/aromatic N) is 2. The smallest absolute Gasteiger partial charge is 0.262 e. The Bertz CT molecular complexity index is 905. The zero-order valence-corrected chi connectivity index (χ0v) is 15.7. The van der Waals surface area contributed by atoms with Gasteiger partial charge >= 0.3 is 0 Å². The summed E-state index contributed by atoms with van der Waals surface area (Å²) in [5.41, 5.74) is 2.51. The van der Waals surface area contributed by atoms with Crippen LogP contribution in [0.4, 0.5) is 0 Å². The van der Waals surface area contributed by atoms with E-state index in [1.165, 1.54) is 0 Å². The van der Waals surface area contributed by atoms with Gasteiger partial charge in [0.05, 0.1) is 5.69 Å².